The zero-order valence-corrected chi connectivity index (χ0v) is 18.3. The Hall–Kier alpha value is -3.32. The highest BCUT2D eigenvalue weighted by atomic mass is 19.1. The summed E-state index contributed by atoms with van der Waals surface area (Å²) in [5.74, 6) is -1.64. The van der Waals surface area contributed by atoms with Crippen molar-refractivity contribution >= 4 is 11.7 Å². The first-order valence-electron chi connectivity index (χ1n) is 10.8. The Morgan fingerprint density at radius 1 is 1.06 bits per heavy atom. The maximum Gasteiger partial charge on any atom is 0.225 e. The molecule has 0 spiro atoms. The molecule has 0 unspecified atom stereocenters. The van der Waals surface area contributed by atoms with Gasteiger partial charge >= 0.3 is 0 Å². The van der Waals surface area contributed by atoms with E-state index in [0.29, 0.717) is 31.7 Å². The van der Waals surface area contributed by atoms with Crippen molar-refractivity contribution in [2.75, 3.05) is 13.1 Å². The summed E-state index contributed by atoms with van der Waals surface area (Å²) in [7, 11) is 0. The highest BCUT2D eigenvalue weighted by Gasteiger charge is 2.41. The molecule has 2 heterocycles. The van der Waals surface area contributed by atoms with Crippen LogP contribution in [0.5, 0.6) is 0 Å². The lowest BCUT2D eigenvalue weighted by Gasteiger charge is -2.17. The Morgan fingerprint density at radius 3 is 2.41 bits per heavy atom. The summed E-state index contributed by atoms with van der Waals surface area (Å²) < 4.78 is 13.3. The summed E-state index contributed by atoms with van der Waals surface area (Å²) in [6, 6.07) is 15.5. The van der Waals surface area contributed by atoms with Gasteiger partial charge in [0.2, 0.25) is 5.91 Å². The number of hydrogen-bond acceptors (Lipinski definition) is 4. The molecule has 1 aromatic heterocycles. The number of likely N-dealkylation sites (tertiary alicyclic amines) is 1. The average Bonchev–Trinajstić information content (AvgIpc) is 3.36. The summed E-state index contributed by atoms with van der Waals surface area (Å²) in [6.07, 6.45) is 0. The zero-order chi connectivity index (χ0) is 22.7. The smallest absolute Gasteiger partial charge is 0.225 e. The molecule has 1 aliphatic heterocycles. The van der Waals surface area contributed by atoms with Crippen LogP contribution in [0, 0.1) is 31.5 Å². The van der Waals surface area contributed by atoms with Crippen LogP contribution in [0.4, 0.5) is 4.39 Å². The van der Waals surface area contributed by atoms with Crippen molar-refractivity contribution in [3.63, 3.8) is 0 Å². The van der Waals surface area contributed by atoms with Gasteiger partial charge in [-0.15, -0.1) is 0 Å². The van der Waals surface area contributed by atoms with Gasteiger partial charge in [0.25, 0.3) is 0 Å². The highest BCUT2D eigenvalue weighted by Crippen LogP contribution is 2.29. The predicted molar refractivity (Wildman–Crippen MR) is 119 cm³/mol. The van der Waals surface area contributed by atoms with Crippen molar-refractivity contribution in [3.05, 3.63) is 88.5 Å². The molecule has 0 aliphatic carbocycles. The molecule has 0 radical (unpaired) electrons. The lowest BCUT2D eigenvalue weighted by atomic mass is 9.87. The third-order valence-electron chi connectivity index (χ3n) is 6.17. The molecule has 0 bridgehead atoms. The van der Waals surface area contributed by atoms with E-state index < -0.39 is 11.8 Å². The molecule has 1 fully saturated rings. The van der Waals surface area contributed by atoms with E-state index in [-0.39, 0.29) is 17.5 Å². The number of nitrogens with one attached hydrogen (secondary N) is 2. The number of nitrogens with zero attached hydrogens (tertiary/aromatic N) is 2. The standard InChI is InChI=1S/C25H27FN4O2/c1-16-21(17(2)29-28-16)12-27-25(32)23-15-30(13-18-6-4-3-5-7-18)14-22(23)24(31)19-8-10-20(26)11-9-19/h3-11,22-23H,12-15H2,1-2H3,(H,27,32)(H,28,29)/t22-,23-/m1/s1. The highest BCUT2D eigenvalue weighted by molar-refractivity contribution is 6.01. The number of Topliss-reactive ketones (excluding diaryl/α,β-unsaturated/α-hetero) is 1. The summed E-state index contributed by atoms with van der Waals surface area (Å²) in [5, 5.41) is 10.1. The average molecular weight is 435 g/mol. The Labute approximate surface area is 186 Å². The van der Waals surface area contributed by atoms with E-state index in [1.165, 1.54) is 24.3 Å². The summed E-state index contributed by atoms with van der Waals surface area (Å²) in [6.45, 7) is 5.80. The number of halogens is 1. The van der Waals surface area contributed by atoms with E-state index in [9.17, 15) is 14.0 Å². The van der Waals surface area contributed by atoms with E-state index in [0.717, 1.165) is 22.5 Å². The van der Waals surface area contributed by atoms with Crippen LogP contribution in [0.1, 0.15) is 32.9 Å². The second-order valence-corrected chi connectivity index (χ2v) is 8.39. The van der Waals surface area contributed by atoms with Crippen LogP contribution in [-0.4, -0.2) is 39.9 Å². The fourth-order valence-corrected chi connectivity index (χ4v) is 4.36. The number of amides is 1. The lowest BCUT2D eigenvalue weighted by molar-refractivity contribution is -0.125. The van der Waals surface area contributed by atoms with Gasteiger partial charge in [0.05, 0.1) is 11.6 Å². The topological polar surface area (TPSA) is 78.1 Å². The van der Waals surface area contributed by atoms with E-state index >= 15 is 0 Å². The first-order chi connectivity index (χ1) is 15.4. The Balaban J connectivity index is 1.52. The Morgan fingerprint density at radius 2 is 1.75 bits per heavy atom. The molecule has 7 heteroatoms. The van der Waals surface area contributed by atoms with Gasteiger partial charge in [-0.25, -0.2) is 4.39 Å². The SMILES string of the molecule is Cc1n[nH]c(C)c1CNC(=O)[C@@H]1CN(Cc2ccccc2)C[C@H]1C(=O)c1ccc(F)cc1. The maximum absolute atomic E-state index is 13.3. The van der Waals surface area contributed by atoms with Crippen molar-refractivity contribution < 1.29 is 14.0 Å². The van der Waals surface area contributed by atoms with Crippen molar-refractivity contribution in [3.8, 4) is 0 Å². The van der Waals surface area contributed by atoms with Gasteiger partial charge in [-0.05, 0) is 43.7 Å². The number of benzene rings is 2. The minimum Gasteiger partial charge on any atom is -0.352 e. The number of aromatic nitrogens is 2. The summed E-state index contributed by atoms with van der Waals surface area (Å²) >= 11 is 0. The molecule has 2 aromatic carbocycles. The molecule has 32 heavy (non-hydrogen) atoms. The molecule has 166 valence electrons. The predicted octanol–water partition coefficient (Wildman–Crippen LogP) is 3.41. The van der Waals surface area contributed by atoms with Gasteiger partial charge in [0.1, 0.15) is 5.82 Å². The lowest BCUT2D eigenvalue weighted by Crippen LogP contribution is -2.37. The van der Waals surface area contributed by atoms with E-state index in [2.05, 4.69) is 20.4 Å². The van der Waals surface area contributed by atoms with Gasteiger partial charge in [0.15, 0.2) is 5.78 Å². The van der Waals surface area contributed by atoms with E-state index in [4.69, 9.17) is 0 Å². The van der Waals surface area contributed by atoms with Crippen molar-refractivity contribution in [1.82, 2.24) is 20.4 Å². The summed E-state index contributed by atoms with van der Waals surface area (Å²) in [4.78, 5) is 28.6. The number of aryl methyl sites for hydroxylation is 2. The van der Waals surface area contributed by atoms with E-state index in [1.807, 2.05) is 44.2 Å². The molecule has 1 saturated heterocycles. The summed E-state index contributed by atoms with van der Waals surface area (Å²) in [5.41, 5.74) is 4.28. The normalized spacial score (nSPS) is 18.6. The number of rotatable bonds is 7. The van der Waals surface area contributed by atoms with Crippen LogP contribution in [-0.2, 0) is 17.9 Å². The van der Waals surface area contributed by atoms with Crippen LogP contribution in [0.25, 0.3) is 0 Å². The fourth-order valence-electron chi connectivity index (χ4n) is 4.36. The molecular formula is C25H27FN4O2. The van der Waals surface area contributed by atoms with Gasteiger partial charge in [-0.1, -0.05) is 30.3 Å². The molecule has 2 atom stereocenters. The number of aromatic amines is 1. The Bertz CT molecular complexity index is 1080. The molecular weight excluding hydrogens is 407 g/mol. The van der Waals surface area contributed by atoms with Crippen LogP contribution in [0.15, 0.2) is 54.6 Å². The first kappa shape index (κ1) is 21.9. The number of ketones is 1. The minimum absolute atomic E-state index is 0.128. The third-order valence-corrected chi connectivity index (χ3v) is 6.17. The second kappa shape index (κ2) is 9.44. The largest absolute Gasteiger partial charge is 0.352 e. The van der Waals surface area contributed by atoms with Crippen molar-refractivity contribution in [2.24, 2.45) is 11.8 Å². The van der Waals surface area contributed by atoms with Gasteiger partial charge in [-0.2, -0.15) is 5.10 Å². The van der Waals surface area contributed by atoms with Crippen LogP contribution in [0.2, 0.25) is 0 Å². The first-order valence-corrected chi connectivity index (χ1v) is 10.8. The van der Waals surface area contributed by atoms with E-state index in [1.54, 1.807) is 0 Å². The molecule has 1 amide bonds. The maximum atomic E-state index is 13.3. The molecule has 2 N–H and O–H groups in total. The minimum atomic E-state index is -0.490. The third kappa shape index (κ3) is 4.78. The van der Waals surface area contributed by atoms with Gasteiger partial charge in [0, 0.05) is 48.9 Å². The number of carbonyl (C=O) groups is 2. The molecule has 0 saturated carbocycles. The van der Waals surface area contributed by atoms with Crippen LogP contribution < -0.4 is 5.32 Å². The van der Waals surface area contributed by atoms with Crippen LogP contribution >= 0.6 is 0 Å². The fraction of sp³-hybridized carbons (Fsp3) is 0.320. The number of hydrogen-bond donors (Lipinski definition) is 2. The zero-order valence-electron chi connectivity index (χ0n) is 18.3. The Kier molecular flexibility index (Phi) is 6.46. The quantitative estimate of drug-likeness (QED) is 0.559. The van der Waals surface area contributed by atoms with Gasteiger partial charge < -0.3 is 5.32 Å². The molecule has 3 aromatic rings. The van der Waals surface area contributed by atoms with Crippen molar-refractivity contribution in [1.29, 1.82) is 0 Å². The molecule has 4 rings (SSSR count). The second-order valence-electron chi connectivity index (χ2n) is 8.39. The number of carbonyl (C=O) groups excluding carboxylic acids is 2. The van der Waals surface area contributed by atoms with Gasteiger partial charge in [-0.3, -0.25) is 19.6 Å². The molecule has 1 aliphatic rings. The van der Waals surface area contributed by atoms with Crippen LogP contribution in [0.3, 0.4) is 0 Å². The molecule has 6 nitrogen and oxygen atoms in total. The monoisotopic (exact) mass is 434 g/mol. The number of H-pyrrole nitrogens is 1. The van der Waals surface area contributed by atoms with Crippen molar-refractivity contribution in [2.45, 2.75) is 26.9 Å².